The number of hydrogen-bond acceptors (Lipinski definition) is 5. The molecule has 0 radical (unpaired) electrons. The summed E-state index contributed by atoms with van der Waals surface area (Å²) < 4.78 is 5.03. The number of carboxylic acid groups (broad SMARTS) is 1. The van der Waals surface area contributed by atoms with Gasteiger partial charge in [-0.1, -0.05) is 0 Å². The minimum Gasteiger partial charge on any atom is -0.497 e. The van der Waals surface area contributed by atoms with Crippen LogP contribution in [-0.4, -0.2) is 46.9 Å². The Morgan fingerprint density at radius 2 is 1.79 bits per heavy atom. The van der Waals surface area contributed by atoms with E-state index < -0.39 is 17.4 Å². The Hall–Kier alpha value is -2.02. The van der Waals surface area contributed by atoms with Crippen LogP contribution in [0.5, 0.6) is 5.75 Å². The first-order valence-electron chi connectivity index (χ1n) is 7.76. The molecule has 1 heterocycles. The van der Waals surface area contributed by atoms with Gasteiger partial charge in [0.15, 0.2) is 5.78 Å². The van der Waals surface area contributed by atoms with E-state index in [2.05, 4.69) is 5.32 Å². The number of rotatable bonds is 7. The van der Waals surface area contributed by atoms with E-state index in [1.165, 1.54) is 0 Å². The molecule has 1 aliphatic rings. The van der Waals surface area contributed by atoms with Crippen molar-refractivity contribution in [2.45, 2.75) is 31.2 Å². The molecule has 0 saturated carbocycles. The average molecular weight is 351 g/mol. The Morgan fingerprint density at radius 3 is 2.33 bits per heavy atom. The summed E-state index contributed by atoms with van der Waals surface area (Å²) >= 11 is 1.68. The van der Waals surface area contributed by atoms with Gasteiger partial charge in [-0.2, -0.15) is 11.8 Å². The highest BCUT2D eigenvalue weighted by Gasteiger charge is 2.41. The van der Waals surface area contributed by atoms with Crippen molar-refractivity contribution in [2.75, 3.05) is 18.6 Å². The van der Waals surface area contributed by atoms with Crippen molar-refractivity contribution in [1.82, 2.24) is 5.32 Å². The number of carboxylic acids is 1. The second-order valence-corrected chi connectivity index (χ2v) is 6.92. The third kappa shape index (κ3) is 4.50. The van der Waals surface area contributed by atoms with Gasteiger partial charge in [0.25, 0.3) is 0 Å². The highest BCUT2D eigenvalue weighted by Crippen LogP contribution is 2.27. The summed E-state index contributed by atoms with van der Waals surface area (Å²) in [5.41, 5.74) is -0.684. The Bertz CT molecular complexity index is 608. The molecular formula is C17H21NO5S. The first-order valence-corrected chi connectivity index (χ1v) is 8.92. The van der Waals surface area contributed by atoms with Crippen molar-refractivity contribution >= 4 is 29.4 Å². The molecule has 1 fully saturated rings. The molecule has 7 heteroatoms. The van der Waals surface area contributed by atoms with E-state index in [0.29, 0.717) is 35.7 Å². The molecule has 0 bridgehead atoms. The maximum Gasteiger partial charge on any atom is 0.329 e. The Morgan fingerprint density at radius 1 is 1.17 bits per heavy atom. The maximum atomic E-state index is 12.1. The second-order valence-electron chi connectivity index (χ2n) is 5.70. The van der Waals surface area contributed by atoms with Crippen LogP contribution in [0.3, 0.4) is 0 Å². The molecule has 1 saturated heterocycles. The molecule has 0 aliphatic carbocycles. The summed E-state index contributed by atoms with van der Waals surface area (Å²) in [5, 5.41) is 12.1. The number of ketones is 1. The van der Waals surface area contributed by atoms with Crippen LogP contribution in [0, 0.1) is 0 Å². The molecule has 24 heavy (non-hydrogen) atoms. The van der Waals surface area contributed by atoms with E-state index >= 15 is 0 Å². The molecule has 6 nitrogen and oxygen atoms in total. The summed E-state index contributed by atoms with van der Waals surface area (Å²) in [7, 11) is 1.54. The largest absolute Gasteiger partial charge is 0.497 e. The van der Waals surface area contributed by atoms with E-state index in [4.69, 9.17) is 4.74 Å². The minimum absolute atomic E-state index is 0.0208. The van der Waals surface area contributed by atoms with Crippen LogP contribution >= 0.6 is 11.8 Å². The average Bonchev–Trinajstić information content (AvgIpc) is 2.60. The van der Waals surface area contributed by atoms with Crippen LogP contribution in [0.4, 0.5) is 0 Å². The van der Waals surface area contributed by atoms with E-state index in [-0.39, 0.29) is 18.6 Å². The summed E-state index contributed by atoms with van der Waals surface area (Å²) in [6, 6.07) is 6.67. The topological polar surface area (TPSA) is 92.7 Å². The zero-order valence-corrected chi connectivity index (χ0v) is 14.4. The number of carbonyl (C=O) groups excluding carboxylic acids is 2. The van der Waals surface area contributed by atoms with Crippen molar-refractivity contribution in [3.05, 3.63) is 29.8 Å². The van der Waals surface area contributed by atoms with Gasteiger partial charge >= 0.3 is 5.97 Å². The number of methoxy groups -OCH3 is 1. The van der Waals surface area contributed by atoms with Crippen LogP contribution in [0.1, 0.15) is 36.0 Å². The second kappa shape index (κ2) is 8.19. The van der Waals surface area contributed by atoms with Gasteiger partial charge in [0.2, 0.25) is 5.91 Å². The molecule has 0 spiro atoms. The molecular weight excluding hydrogens is 330 g/mol. The van der Waals surface area contributed by atoms with Gasteiger partial charge in [-0.25, -0.2) is 4.79 Å². The van der Waals surface area contributed by atoms with Crippen LogP contribution in [0.15, 0.2) is 24.3 Å². The van der Waals surface area contributed by atoms with Crippen molar-refractivity contribution < 1.29 is 24.2 Å². The van der Waals surface area contributed by atoms with Gasteiger partial charge < -0.3 is 15.2 Å². The van der Waals surface area contributed by atoms with Gasteiger partial charge in [0.1, 0.15) is 11.3 Å². The molecule has 130 valence electrons. The van der Waals surface area contributed by atoms with Gasteiger partial charge in [0.05, 0.1) is 7.11 Å². The van der Waals surface area contributed by atoms with Gasteiger partial charge in [-0.15, -0.1) is 0 Å². The van der Waals surface area contributed by atoms with Crippen molar-refractivity contribution in [2.24, 2.45) is 0 Å². The van der Waals surface area contributed by atoms with E-state index in [0.717, 1.165) is 0 Å². The lowest BCUT2D eigenvalue weighted by Crippen LogP contribution is -2.56. The van der Waals surface area contributed by atoms with Crippen molar-refractivity contribution in [3.63, 3.8) is 0 Å². The third-order valence-electron chi connectivity index (χ3n) is 4.13. The number of hydrogen-bond donors (Lipinski definition) is 2. The van der Waals surface area contributed by atoms with Gasteiger partial charge in [-0.3, -0.25) is 9.59 Å². The number of carbonyl (C=O) groups is 3. The molecule has 2 N–H and O–H groups in total. The van der Waals surface area contributed by atoms with E-state index in [9.17, 15) is 19.5 Å². The molecule has 0 unspecified atom stereocenters. The molecule has 1 aromatic rings. The van der Waals surface area contributed by atoms with Crippen LogP contribution in [-0.2, 0) is 9.59 Å². The first-order chi connectivity index (χ1) is 11.5. The van der Waals surface area contributed by atoms with Crippen LogP contribution in [0.2, 0.25) is 0 Å². The van der Waals surface area contributed by atoms with E-state index in [1.54, 1.807) is 43.1 Å². The number of benzene rings is 1. The normalized spacial score (nSPS) is 16.2. The summed E-state index contributed by atoms with van der Waals surface area (Å²) in [5.74, 6) is 0.511. The Balaban J connectivity index is 1.89. The quantitative estimate of drug-likeness (QED) is 0.731. The summed E-state index contributed by atoms with van der Waals surface area (Å²) in [6.07, 6.45) is 0.839. The zero-order chi connectivity index (χ0) is 17.6. The first kappa shape index (κ1) is 18.3. The molecule has 1 aromatic carbocycles. The lowest BCUT2D eigenvalue weighted by atomic mass is 9.92. The SMILES string of the molecule is COc1ccc(C(=O)CCC(=O)NC2(C(=O)O)CCSCC2)cc1. The number of Topliss-reactive ketones (excluding diaryl/α,β-unsaturated/α-hetero) is 1. The lowest BCUT2D eigenvalue weighted by molar-refractivity contribution is -0.148. The summed E-state index contributed by atoms with van der Waals surface area (Å²) in [6.45, 7) is 0. The number of ether oxygens (including phenoxy) is 1. The van der Waals surface area contributed by atoms with Gasteiger partial charge in [0, 0.05) is 18.4 Å². The number of thioether (sulfide) groups is 1. The highest BCUT2D eigenvalue weighted by molar-refractivity contribution is 7.99. The standard InChI is InChI=1S/C17H21NO5S/c1-23-13-4-2-12(3-5-13)14(19)6-7-15(20)18-17(16(21)22)8-10-24-11-9-17/h2-5H,6-11H2,1H3,(H,18,20)(H,21,22). The minimum atomic E-state index is -1.19. The predicted molar refractivity (Wildman–Crippen MR) is 91.6 cm³/mol. The zero-order valence-electron chi connectivity index (χ0n) is 13.5. The smallest absolute Gasteiger partial charge is 0.329 e. The molecule has 2 rings (SSSR count). The predicted octanol–water partition coefficient (Wildman–Crippen LogP) is 2.12. The monoisotopic (exact) mass is 351 g/mol. The van der Waals surface area contributed by atoms with Crippen molar-refractivity contribution in [3.8, 4) is 5.75 Å². The number of amides is 1. The fourth-order valence-electron chi connectivity index (χ4n) is 2.59. The maximum absolute atomic E-state index is 12.1. The molecule has 1 amide bonds. The fraction of sp³-hybridized carbons (Fsp3) is 0.471. The van der Waals surface area contributed by atoms with Crippen LogP contribution < -0.4 is 10.1 Å². The van der Waals surface area contributed by atoms with Crippen LogP contribution in [0.25, 0.3) is 0 Å². The van der Waals surface area contributed by atoms with E-state index in [1.807, 2.05) is 0 Å². The highest BCUT2D eigenvalue weighted by atomic mass is 32.2. The lowest BCUT2D eigenvalue weighted by Gasteiger charge is -2.33. The van der Waals surface area contributed by atoms with Crippen molar-refractivity contribution in [1.29, 1.82) is 0 Å². The Kier molecular flexibility index (Phi) is 6.25. The third-order valence-corrected chi connectivity index (χ3v) is 5.11. The molecule has 1 aliphatic heterocycles. The fourth-order valence-corrected chi connectivity index (χ4v) is 3.78. The number of nitrogens with one attached hydrogen (secondary N) is 1. The van der Waals surface area contributed by atoms with Gasteiger partial charge in [-0.05, 0) is 48.6 Å². The molecule has 0 aromatic heterocycles. The number of aliphatic carboxylic acids is 1. The summed E-state index contributed by atoms with van der Waals surface area (Å²) in [4.78, 5) is 35.7. The Labute approximate surface area is 145 Å². The molecule has 0 atom stereocenters.